The summed E-state index contributed by atoms with van der Waals surface area (Å²) in [5.74, 6) is -1.83. The zero-order valence-electron chi connectivity index (χ0n) is 15.5. The third-order valence-electron chi connectivity index (χ3n) is 5.07. The number of nitrogens with zero attached hydrogens (tertiary/aromatic N) is 1. The van der Waals surface area contributed by atoms with E-state index in [-0.39, 0.29) is 22.5 Å². The van der Waals surface area contributed by atoms with Gasteiger partial charge in [0.2, 0.25) is 11.6 Å². The lowest BCUT2D eigenvalue weighted by molar-refractivity contribution is 0.0939. The SMILES string of the molecule is O=C1C(N2CCCCC2)=C(S(=O)(=O)Nc2cccc(F)c2)C(=O)c2ccccc21. The van der Waals surface area contributed by atoms with Gasteiger partial charge in [0, 0.05) is 24.2 Å². The second kappa shape index (κ2) is 7.44. The van der Waals surface area contributed by atoms with Gasteiger partial charge in [-0.3, -0.25) is 14.3 Å². The summed E-state index contributed by atoms with van der Waals surface area (Å²) in [6, 6.07) is 11.1. The molecule has 6 nitrogen and oxygen atoms in total. The van der Waals surface area contributed by atoms with Crippen LogP contribution in [-0.2, 0) is 10.0 Å². The van der Waals surface area contributed by atoms with Crippen LogP contribution in [0, 0.1) is 5.82 Å². The van der Waals surface area contributed by atoms with Crippen molar-refractivity contribution in [2.45, 2.75) is 19.3 Å². The zero-order valence-corrected chi connectivity index (χ0v) is 16.3. The number of halogens is 1. The van der Waals surface area contributed by atoms with Crippen LogP contribution < -0.4 is 4.72 Å². The first-order chi connectivity index (χ1) is 13.9. The molecule has 2 aromatic carbocycles. The number of hydrogen-bond acceptors (Lipinski definition) is 5. The molecule has 0 spiro atoms. The molecule has 29 heavy (non-hydrogen) atoms. The molecular weight excluding hydrogens is 395 g/mol. The highest BCUT2D eigenvalue weighted by molar-refractivity contribution is 7.97. The smallest absolute Gasteiger partial charge is 0.268 e. The van der Waals surface area contributed by atoms with Crippen molar-refractivity contribution in [3.63, 3.8) is 0 Å². The van der Waals surface area contributed by atoms with Crippen LogP contribution >= 0.6 is 0 Å². The van der Waals surface area contributed by atoms with Gasteiger partial charge in [0.15, 0.2) is 4.91 Å². The van der Waals surface area contributed by atoms with Gasteiger partial charge in [-0.25, -0.2) is 12.8 Å². The quantitative estimate of drug-likeness (QED) is 0.830. The lowest BCUT2D eigenvalue weighted by Gasteiger charge is -2.33. The molecule has 4 rings (SSSR count). The van der Waals surface area contributed by atoms with Crippen LogP contribution in [0.5, 0.6) is 0 Å². The highest BCUT2D eigenvalue weighted by atomic mass is 32.2. The van der Waals surface area contributed by atoms with Gasteiger partial charge in [-0.05, 0) is 37.5 Å². The Balaban J connectivity index is 1.87. The molecule has 150 valence electrons. The first-order valence-electron chi connectivity index (χ1n) is 9.34. The second-order valence-electron chi connectivity index (χ2n) is 7.05. The number of piperidine rings is 1. The number of anilines is 1. The van der Waals surface area contributed by atoms with Crippen LogP contribution in [0.3, 0.4) is 0 Å². The highest BCUT2D eigenvalue weighted by Crippen LogP contribution is 2.33. The molecule has 0 saturated carbocycles. The monoisotopic (exact) mass is 414 g/mol. The van der Waals surface area contributed by atoms with Crippen molar-refractivity contribution in [1.82, 2.24) is 4.90 Å². The Morgan fingerprint density at radius 2 is 1.52 bits per heavy atom. The van der Waals surface area contributed by atoms with Crippen molar-refractivity contribution in [1.29, 1.82) is 0 Å². The summed E-state index contributed by atoms with van der Waals surface area (Å²) in [6.07, 6.45) is 2.58. The van der Waals surface area contributed by atoms with E-state index < -0.39 is 32.3 Å². The van der Waals surface area contributed by atoms with Crippen LogP contribution in [0.4, 0.5) is 10.1 Å². The first-order valence-corrected chi connectivity index (χ1v) is 10.8. The number of allylic oxidation sites excluding steroid dienone is 2. The molecule has 0 aromatic heterocycles. The topological polar surface area (TPSA) is 83.6 Å². The Kier molecular flexibility index (Phi) is 4.96. The average Bonchev–Trinajstić information content (AvgIpc) is 2.70. The fraction of sp³-hybridized carbons (Fsp3) is 0.238. The lowest BCUT2D eigenvalue weighted by Crippen LogP contribution is -2.40. The van der Waals surface area contributed by atoms with Gasteiger partial charge in [0.25, 0.3) is 10.0 Å². The zero-order chi connectivity index (χ0) is 20.6. The summed E-state index contributed by atoms with van der Waals surface area (Å²) < 4.78 is 42.2. The summed E-state index contributed by atoms with van der Waals surface area (Å²) in [5.41, 5.74) is 0.132. The van der Waals surface area contributed by atoms with E-state index in [2.05, 4.69) is 4.72 Å². The van der Waals surface area contributed by atoms with E-state index in [4.69, 9.17) is 0 Å². The largest absolute Gasteiger partial charge is 0.367 e. The third-order valence-corrected chi connectivity index (χ3v) is 6.49. The average molecular weight is 414 g/mol. The Hall–Kier alpha value is -3.00. The number of hydrogen-bond donors (Lipinski definition) is 1. The van der Waals surface area contributed by atoms with Crippen molar-refractivity contribution in [3.05, 3.63) is 76.1 Å². The Bertz CT molecular complexity index is 1130. The minimum atomic E-state index is -4.43. The number of nitrogens with one attached hydrogen (secondary N) is 1. The van der Waals surface area contributed by atoms with E-state index in [1.807, 2.05) is 0 Å². The van der Waals surface area contributed by atoms with Gasteiger partial charge in [0.1, 0.15) is 11.5 Å². The van der Waals surface area contributed by atoms with Crippen LogP contribution in [0.2, 0.25) is 0 Å². The summed E-state index contributed by atoms with van der Waals surface area (Å²) >= 11 is 0. The van der Waals surface area contributed by atoms with Crippen LogP contribution in [0.1, 0.15) is 40.0 Å². The molecule has 1 saturated heterocycles. The van der Waals surface area contributed by atoms with E-state index >= 15 is 0 Å². The molecule has 1 aliphatic heterocycles. The molecule has 0 atom stereocenters. The van der Waals surface area contributed by atoms with E-state index in [1.54, 1.807) is 17.0 Å². The molecule has 1 fully saturated rings. The Morgan fingerprint density at radius 1 is 0.862 bits per heavy atom. The van der Waals surface area contributed by atoms with E-state index in [0.29, 0.717) is 13.1 Å². The van der Waals surface area contributed by atoms with Gasteiger partial charge in [-0.15, -0.1) is 0 Å². The molecule has 2 aromatic rings. The van der Waals surface area contributed by atoms with Gasteiger partial charge in [0.05, 0.1) is 5.69 Å². The number of carbonyl (C=O) groups is 2. The summed E-state index contributed by atoms with van der Waals surface area (Å²) in [5, 5.41) is 0. The molecule has 0 bridgehead atoms. The first kappa shape index (κ1) is 19.3. The maximum absolute atomic E-state index is 13.5. The predicted molar refractivity (Wildman–Crippen MR) is 106 cm³/mol. The number of likely N-dealkylation sites (tertiary alicyclic amines) is 1. The van der Waals surface area contributed by atoms with Gasteiger partial charge < -0.3 is 4.90 Å². The molecule has 8 heteroatoms. The number of Topliss-reactive ketones (excluding diaryl/α,β-unsaturated/α-hetero) is 2. The molecule has 0 amide bonds. The minimum Gasteiger partial charge on any atom is -0.367 e. The summed E-state index contributed by atoms with van der Waals surface area (Å²) in [4.78, 5) is 27.5. The van der Waals surface area contributed by atoms with Crippen molar-refractivity contribution in [2.75, 3.05) is 17.8 Å². The number of rotatable bonds is 4. The lowest BCUT2D eigenvalue weighted by atomic mass is 9.91. The van der Waals surface area contributed by atoms with Gasteiger partial charge in [-0.2, -0.15) is 0 Å². The molecule has 2 aliphatic rings. The predicted octanol–water partition coefficient (Wildman–Crippen LogP) is 3.34. The molecule has 0 unspecified atom stereocenters. The summed E-state index contributed by atoms with van der Waals surface area (Å²) in [6.45, 7) is 0.991. The molecule has 1 heterocycles. The van der Waals surface area contributed by atoms with E-state index in [1.165, 1.54) is 30.3 Å². The van der Waals surface area contributed by atoms with Gasteiger partial charge >= 0.3 is 0 Å². The standard InChI is InChI=1S/C21H19FN2O4S/c22-14-7-6-8-15(13-14)23-29(27,28)21-18(24-11-4-1-5-12-24)19(25)16-9-2-3-10-17(16)20(21)26/h2-3,6-10,13,23H,1,4-5,11-12H2. The van der Waals surface area contributed by atoms with Crippen LogP contribution in [-0.4, -0.2) is 38.0 Å². The fourth-order valence-electron chi connectivity index (χ4n) is 3.75. The molecule has 1 N–H and O–H groups in total. The molecule has 1 aliphatic carbocycles. The van der Waals surface area contributed by atoms with Gasteiger partial charge in [-0.1, -0.05) is 30.3 Å². The van der Waals surface area contributed by atoms with E-state index in [0.717, 1.165) is 25.3 Å². The number of sulfonamides is 1. The van der Waals surface area contributed by atoms with Crippen LogP contribution in [0.25, 0.3) is 0 Å². The Morgan fingerprint density at radius 3 is 2.17 bits per heavy atom. The number of fused-ring (bicyclic) bond motifs is 1. The minimum absolute atomic E-state index is 0.0189. The van der Waals surface area contributed by atoms with Crippen molar-refractivity contribution < 1.29 is 22.4 Å². The van der Waals surface area contributed by atoms with Crippen molar-refractivity contribution >= 4 is 27.3 Å². The fourth-order valence-corrected chi connectivity index (χ4v) is 5.12. The number of benzene rings is 2. The third kappa shape index (κ3) is 3.55. The van der Waals surface area contributed by atoms with Crippen LogP contribution in [0.15, 0.2) is 59.1 Å². The summed E-state index contributed by atoms with van der Waals surface area (Å²) in [7, 11) is -4.43. The maximum Gasteiger partial charge on any atom is 0.268 e. The molecular formula is C21H19FN2O4S. The van der Waals surface area contributed by atoms with Crippen molar-refractivity contribution in [2.24, 2.45) is 0 Å². The number of ketones is 2. The number of carbonyl (C=O) groups excluding carboxylic acids is 2. The maximum atomic E-state index is 13.5. The normalized spacial score (nSPS) is 17.3. The van der Waals surface area contributed by atoms with E-state index in [9.17, 15) is 22.4 Å². The second-order valence-corrected chi connectivity index (χ2v) is 8.66. The highest BCUT2D eigenvalue weighted by Gasteiger charge is 2.41. The van der Waals surface area contributed by atoms with Crippen molar-refractivity contribution in [3.8, 4) is 0 Å². The Labute approximate surface area is 168 Å². The molecule has 0 radical (unpaired) electrons.